The van der Waals surface area contributed by atoms with E-state index in [1.54, 1.807) is 13.2 Å². The number of ether oxygens (including phenoxy) is 1. The molecule has 0 bridgehead atoms. The summed E-state index contributed by atoms with van der Waals surface area (Å²) < 4.78 is 7.00. The summed E-state index contributed by atoms with van der Waals surface area (Å²) in [5.41, 5.74) is 1.43. The number of nitrogens with one attached hydrogen (secondary N) is 1. The lowest BCUT2D eigenvalue weighted by Crippen LogP contribution is -2.30. The first-order valence-corrected chi connectivity index (χ1v) is 7.34. The summed E-state index contributed by atoms with van der Waals surface area (Å²) in [7, 11) is 1.56. The number of halogens is 1. The van der Waals surface area contributed by atoms with Crippen molar-refractivity contribution >= 4 is 28.7 Å². The molecule has 0 saturated carbocycles. The van der Waals surface area contributed by atoms with Crippen molar-refractivity contribution in [2.75, 3.05) is 7.11 Å². The highest BCUT2D eigenvalue weighted by Gasteiger charge is 2.13. The SMILES string of the molecule is COc1ccc2nc(CCl)n(CCC(=O)NC(C)C)c2n1. The lowest BCUT2D eigenvalue weighted by atomic mass is 10.3. The molecule has 0 atom stereocenters. The zero-order chi connectivity index (χ0) is 15.4. The molecule has 0 aliphatic heterocycles. The van der Waals surface area contributed by atoms with E-state index in [9.17, 15) is 4.79 Å². The van der Waals surface area contributed by atoms with Crippen molar-refractivity contribution in [2.45, 2.75) is 38.7 Å². The Morgan fingerprint density at radius 1 is 1.43 bits per heavy atom. The molecule has 1 N–H and O–H groups in total. The Kier molecular flexibility index (Phi) is 5.01. The minimum atomic E-state index is -0.00438. The monoisotopic (exact) mass is 310 g/mol. The van der Waals surface area contributed by atoms with Crippen LogP contribution in [0.2, 0.25) is 0 Å². The number of carbonyl (C=O) groups is 1. The van der Waals surface area contributed by atoms with Gasteiger partial charge in [-0.1, -0.05) is 0 Å². The van der Waals surface area contributed by atoms with Gasteiger partial charge in [0, 0.05) is 25.1 Å². The summed E-state index contributed by atoms with van der Waals surface area (Å²) >= 11 is 5.93. The van der Waals surface area contributed by atoms with Gasteiger partial charge in [-0.15, -0.1) is 11.6 Å². The maximum Gasteiger partial charge on any atom is 0.221 e. The van der Waals surface area contributed by atoms with Crippen LogP contribution in [-0.4, -0.2) is 33.6 Å². The molecule has 2 heterocycles. The van der Waals surface area contributed by atoms with Crippen LogP contribution in [0.15, 0.2) is 12.1 Å². The summed E-state index contributed by atoms with van der Waals surface area (Å²) in [6, 6.07) is 3.72. The molecule has 7 heteroatoms. The number of amides is 1. The van der Waals surface area contributed by atoms with Gasteiger partial charge in [0.2, 0.25) is 11.8 Å². The Balaban J connectivity index is 2.26. The third kappa shape index (κ3) is 3.64. The average molecular weight is 311 g/mol. The fourth-order valence-corrected chi connectivity index (χ4v) is 2.29. The molecule has 21 heavy (non-hydrogen) atoms. The first-order chi connectivity index (χ1) is 10.0. The zero-order valence-corrected chi connectivity index (χ0v) is 13.1. The van der Waals surface area contributed by atoms with Crippen LogP contribution in [0.5, 0.6) is 5.88 Å². The number of rotatable bonds is 6. The molecule has 2 aromatic heterocycles. The molecule has 0 fully saturated rings. The van der Waals surface area contributed by atoms with Crippen LogP contribution in [0.25, 0.3) is 11.2 Å². The van der Waals surface area contributed by atoms with E-state index in [0.717, 1.165) is 5.52 Å². The molecule has 0 saturated heterocycles. The average Bonchev–Trinajstić information content (AvgIpc) is 2.81. The number of hydrogen-bond donors (Lipinski definition) is 1. The summed E-state index contributed by atoms with van der Waals surface area (Å²) in [5.74, 6) is 1.47. The van der Waals surface area contributed by atoms with Crippen LogP contribution in [0.1, 0.15) is 26.1 Å². The van der Waals surface area contributed by atoms with Crippen molar-refractivity contribution in [1.29, 1.82) is 0 Å². The Morgan fingerprint density at radius 3 is 2.81 bits per heavy atom. The smallest absolute Gasteiger partial charge is 0.221 e. The molecular formula is C14H19ClN4O2. The van der Waals surface area contributed by atoms with Gasteiger partial charge in [-0.25, -0.2) is 4.98 Å². The van der Waals surface area contributed by atoms with Crippen LogP contribution in [0.4, 0.5) is 0 Å². The quantitative estimate of drug-likeness (QED) is 0.830. The van der Waals surface area contributed by atoms with Gasteiger partial charge in [-0.05, 0) is 19.9 Å². The second kappa shape index (κ2) is 6.76. The van der Waals surface area contributed by atoms with Gasteiger partial charge in [0.05, 0.1) is 13.0 Å². The molecule has 6 nitrogen and oxygen atoms in total. The Labute approximate surface area is 128 Å². The number of nitrogens with zero attached hydrogens (tertiary/aromatic N) is 3. The van der Waals surface area contributed by atoms with Crippen LogP contribution >= 0.6 is 11.6 Å². The van der Waals surface area contributed by atoms with Gasteiger partial charge in [0.25, 0.3) is 0 Å². The standard InChI is InChI=1S/C14H19ClN4O2/c1-9(2)16-12(20)6-7-19-11(8-15)17-10-4-5-13(21-3)18-14(10)19/h4-5,9H,6-8H2,1-3H3,(H,16,20). The van der Waals surface area contributed by atoms with Crippen molar-refractivity contribution in [2.24, 2.45) is 0 Å². The van der Waals surface area contributed by atoms with E-state index in [1.807, 2.05) is 24.5 Å². The highest BCUT2D eigenvalue weighted by Crippen LogP contribution is 2.19. The van der Waals surface area contributed by atoms with Crippen molar-refractivity contribution in [3.8, 4) is 5.88 Å². The van der Waals surface area contributed by atoms with Crippen LogP contribution in [0.3, 0.4) is 0 Å². The van der Waals surface area contributed by atoms with Crippen molar-refractivity contribution in [3.05, 3.63) is 18.0 Å². The maximum absolute atomic E-state index is 11.8. The highest BCUT2D eigenvalue weighted by molar-refractivity contribution is 6.16. The second-order valence-electron chi connectivity index (χ2n) is 4.98. The minimum absolute atomic E-state index is 0.00438. The summed E-state index contributed by atoms with van der Waals surface area (Å²) in [6.45, 7) is 4.35. The molecule has 0 spiro atoms. The van der Waals surface area contributed by atoms with E-state index in [-0.39, 0.29) is 17.8 Å². The number of imidazole rings is 1. The molecule has 2 rings (SSSR count). The van der Waals surface area contributed by atoms with Crippen LogP contribution < -0.4 is 10.1 Å². The largest absolute Gasteiger partial charge is 0.481 e. The number of aromatic nitrogens is 3. The molecule has 1 amide bonds. The molecule has 0 aliphatic carbocycles. The van der Waals surface area contributed by atoms with Gasteiger partial charge in [0.1, 0.15) is 11.3 Å². The predicted octanol–water partition coefficient (Wildman–Crippen LogP) is 2.09. The lowest BCUT2D eigenvalue weighted by Gasteiger charge is -2.10. The Bertz CT molecular complexity index is 639. The van der Waals surface area contributed by atoms with Crippen molar-refractivity contribution < 1.29 is 9.53 Å². The van der Waals surface area contributed by atoms with Gasteiger partial charge in [-0.2, -0.15) is 4.98 Å². The van der Waals surface area contributed by atoms with Gasteiger partial charge in [0.15, 0.2) is 5.65 Å². The molecule has 114 valence electrons. The molecule has 0 unspecified atom stereocenters. The van der Waals surface area contributed by atoms with E-state index in [1.165, 1.54) is 0 Å². The maximum atomic E-state index is 11.8. The van der Waals surface area contributed by atoms with Crippen molar-refractivity contribution in [1.82, 2.24) is 19.9 Å². The minimum Gasteiger partial charge on any atom is -0.481 e. The van der Waals surface area contributed by atoms with Crippen LogP contribution in [0, 0.1) is 0 Å². The first kappa shape index (κ1) is 15.6. The molecule has 2 aromatic rings. The number of carbonyl (C=O) groups excluding carboxylic acids is 1. The van der Waals surface area contributed by atoms with Gasteiger partial charge >= 0.3 is 0 Å². The third-order valence-electron chi connectivity index (χ3n) is 2.99. The van der Waals surface area contributed by atoms with E-state index in [0.29, 0.717) is 30.3 Å². The highest BCUT2D eigenvalue weighted by atomic mass is 35.5. The number of pyridine rings is 1. The lowest BCUT2D eigenvalue weighted by molar-refractivity contribution is -0.121. The summed E-state index contributed by atoms with van der Waals surface area (Å²) in [4.78, 5) is 20.6. The number of alkyl halides is 1. The van der Waals surface area contributed by atoms with Crippen molar-refractivity contribution in [3.63, 3.8) is 0 Å². The topological polar surface area (TPSA) is 69.0 Å². The molecule has 0 radical (unpaired) electrons. The number of hydrogen-bond acceptors (Lipinski definition) is 4. The first-order valence-electron chi connectivity index (χ1n) is 6.80. The predicted molar refractivity (Wildman–Crippen MR) is 81.5 cm³/mol. The number of aryl methyl sites for hydroxylation is 1. The fourth-order valence-electron chi connectivity index (χ4n) is 2.09. The fraction of sp³-hybridized carbons (Fsp3) is 0.500. The number of fused-ring (bicyclic) bond motifs is 1. The van der Waals surface area contributed by atoms with Gasteiger partial charge in [-0.3, -0.25) is 4.79 Å². The second-order valence-corrected chi connectivity index (χ2v) is 5.25. The molecule has 0 aliphatic rings. The zero-order valence-electron chi connectivity index (χ0n) is 12.4. The van der Waals surface area contributed by atoms with Crippen LogP contribution in [-0.2, 0) is 17.2 Å². The third-order valence-corrected chi connectivity index (χ3v) is 3.23. The van der Waals surface area contributed by atoms with E-state index >= 15 is 0 Å². The van der Waals surface area contributed by atoms with E-state index < -0.39 is 0 Å². The Hall–Kier alpha value is -1.82. The molecule has 0 aromatic carbocycles. The number of methoxy groups -OCH3 is 1. The van der Waals surface area contributed by atoms with E-state index in [2.05, 4.69) is 15.3 Å². The summed E-state index contributed by atoms with van der Waals surface area (Å²) in [6.07, 6.45) is 0.354. The Morgan fingerprint density at radius 2 is 2.19 bits per heavy atom. The van der Waals surface area contributed by atoms with E-state index in [4.69, 9.17) is 16.3 Å². The summed E-state index contributed by atoms with van der Waals surface area (Å²) in [5, 5.41) is 2.86. The van der Waals surface area contributed by atoms with Gasteiger partial charge < -0.3 is 14.6 Å². The molecular weight excluding hydrogens is 292 g/mol. The normalized spacial score (nSPS) is 11.1.